The van der Waals surface area contributed by atoms with Crippen molar-refractivity contribution in [2.75, 3.05) is 25.5 Å². The minimum absolute atomic E-state index is 0.706. The normalized spacial score (nSPS) is 18.5. The third-order valence-corrected chi connectivity index (χ3v) is 4.50. The molecule has 0 aliphatic carbocycles. The molecule has 1 aliphatic heterocycles. The number of benzene rings is 1. The van der Waals surface area contributed by atoms with Gasteiger partial charge in [0, 0.05) is 24.3 Å². The first kappa shape index (κ1) is 15.0. The fourth-order valence-electron chi connectivity index (χ4n) is 3.15. The van der Waals surface area contributed by atoms with Crippen LogP contribution in [0.2, 0.25) is 0 Å². The second kappa shape index (κ2) is 6.88. The van der Waals surface area contributed by atoms with Crippen LogP contribution in [0.3, 0.4) is 0 Å². The SMILES string of the molecule is Cc1nc(NCCC2CCCN2C)ncc1-c1ccccc1. The van der Waals surface area contributed by atoms with Crippen molar-refractivity contribution >= 4 is 5.95 Å². The first-order chi connectivity index (χ1) is 10.7. The predicted molar refractivity (Wildman–Crippen MR) is 91.0 cm³/mol. The molecule has 0 bridgehead atoms. The summed E-state index contributed by atoms with van der Waals surface area (Å²) in [5.74, 6) is 0.734. The molecule has 1 N–H and O–H groups in total. The number of hydrogen-bond donors (Lipinski definition) is 1. The molecular formula is C18H24N4. The lowest BCUT2D eigenvalue weighted by Crippen LogP contribution is -2.27. The summed E-state index contributed by atoms with van der Waals surface area (Å²) in [6.07, 6.45) is 5.70. The molecule has 116 valence electrons. The first-order valence-corrected chi connectivity index (χ1v) is 8.07. The number of nitrogens with zero attached hydrogens (tertiary/aromatic N) is 3. The second-order valence-electron chi connectivity index (χ2n) is 6.05. The topological polar surface area (TPSA) is 41.1 Å². The molecule has 1 aliphatic rings. The number of hydrogen-bond acceptors (Lipinski definition) is 4. The van der Waals surface area contributed by atoms with Gasteiger partial charge >= 0.3 is 0 Å². The van der Waals surface area contributed by atoms with E-state index in [0.29, 0.717) is 6.04 Å². The molecule has 1 saturated heterocycles. The number of aromatic nitrogens is 2. The lowest BCUT2D eigenvalue weighted by atomic mass is 10.1. The molecule has 0 amide bonds. The Labute approximate surface area is 132 Å². The van der Waals surface area contributed by atoms with Crippen LogP contribution in [0.5, 0.6) is 0 Å². The molecule has 0 spiro atoms. The van der Waals surface area contributed by atoms with E-state index < -0.39 is 0 Å². The molecule has 1 atom stereocenters. The molecule has 1 unspecified atom stereocenters. The predicted octanol–water partition coefficient (Wildman–Crippen LogP) is 3.35. The summed E-state index contributed by atoms with van der Waals surface area (Å²) in [4.78, 5) is 11.5. The van der Waals surface area contributed by atoms with Gasteiger partial charge in [0.05, 0.1) is 5.69 Å². The highest BCUT2D eigenvalue weighted by molar-refractivity contribution is 5.65. The molecule has 1 fully saturated rings. The molecule has 3 rings (SSSR count). The van der Waals surface area contributed by atoms with Crippen LogP contribution in [0.15, 0.2) is 36.5 Å². The highest BCUT2D eigenvalue weighted by atomic mass is 15.2. The van der Waals surface area contributed by atoms with Crippen LogP contribution in [0.1, 0.15) is 25.0 Å². The maximum Gasteiger partial charge on any atom is 0.222 e. The van der Waals surface area contributed by atoms with Crippen molar-refractivity contribution in [2.24, 2.45) is 0 Å². The minimum atomic E-state index is 0.706. The minimum Gasteiger partial charge on any atom is -0.354 e. The van der Waals surface area contributed by atoms with E-state index in [1.165, 1.54) is 24.9 Å². The van der Waals surface area contributed by atoms with Gasteiger partial charge in [-0.25, -0.2) is 9.97 Å². The van der Waals surface area contributed by atoms with Crippen molar-refractivity contribution in [3.05, 3.63) is 42.2 Å². The lowest BCUT2D eigenvalue weighted by molar-refractivity contribution is 0.301. The monoisotopic (exact) mass is 296 g/mol. The van der Waals surface area contributed by atoms with Crippen LogP contribution in [0, 0.1) is 6.92 Å². The van der Waals surface area contributed by atoms with Crippen molar-refractivity contribution < 1.29 is 0 Å². The molecular weight excluding hydrogens is 272 g/mol. The highest BCUT2D eigenvalue weighted by Crippen LogP contribution is 2.22. The van der Waals surface area contributed by atoms with E-state index in [2.05, 4.69) is 39.4 Å². The molecule has 0 radical (unpaired) electrons. The maximum absolute atomic E-state index is 4.60. The average molecular weight is 296 g/mol. The van der Waals surface area contributed by atoms with E-state index >= 15 is 0 Å². The highest BCUT2D eigenvalue weighted by Gasteiger charge is 2.20. The van der Waals surface area contributed by atoms with Gasteiger partial charge in [0.1, 0.15) is 0 Å². The Morgan fingerprint density at radius 1 is 1.27 bits per heavy atom. The third kappa shape index (κ3) is 3.45. The molecule has 0 saturated carbocycles. The van der Waals surface area contributed by atoms with Crippen molar-refractivity contribution in [3.8, 4) is 11.1 Å². The number of nitrogens with one attached hydrogen (secondary N) is 1. The van der Waals surface area contributed by atoms with E-state index in [-0.39, 0.29) is 0 Å². The van der Waals surface area contributed by atoms with Gasteiger partial charge in [-0.15, -0.1) is 0 Å². The van der Waals surface area contributed by atoms with Crippen LogP contribution < -0.4 is 5.32 Å². The Balaban J connectivity index is 1.60. The standard InChI is InChI=1S/C18H24N4/c1-14-17(15-7-4-3-5-8-15)13-20-18(21-14)19-11-10-16-9-6-12-22(16)2/h3-5,7-8,13,16H,6,9-12H2,1-2H3,(H,19,20,21). The van der Waals surface area contributed by atoms with E-state index in [0.717, 1.165) is 30.2 Å². The third-order valence-electron chi connectivity index (χ3n) is 4.50. The van der Waals surface area contributed by atoms with Crippen LogP contribution >= 0.6 is 0 Å². The van der Waals surface area contributed by atoms with Crippen molar-refractivity contribution in [1.29, 1.82) is 0 Å². The summed E-state index contributed by atoms with van der Waals surface area (Å²) in [5, 5.41) is 3.36. The molecule has 22 heavy (non-hydrogen) atoms. The molecule has 1 aromatic carbocycles. The van der Waals surface area contributed by atoms with Crippen LogP contribution in [-0.2, 0) is 0 Å². The summed E-state index contributed by atoms with van der Waals surface area (Å²) in [6.45, 7) is 4.20. The van der Waals surface area contributed by atoms with Crippen LogP contribution in [0.4, 0.5) is 5.95 Å². The first-order valence-electron chi connectivity index (χ1n) is 8.07. The lowest BCUT2D eigenvalue weighted by Gasteiger charge is -2.19. The largest absolute Gasteiger partial charge is 0.354 e. The van der Waals surface area contributed by atoms with Crippen molar-refractivity contribution in [3.63, 3.8) is 0 Å². The van der Waals surface area contributed by atoms with Gasteiger partial charge in [-0.3, -0.25) is 0 Å². The Morgan fingerprint density at radius 2 is 2.09 bits per heavy atom. The summed E-state index contributed by atoms with van der Waals surface area (Å²) >= 11 is 0. The fraction of sp³-hybridized carbons (Fsp3) is 0.444. The van der Waals surface area contributed by atoms with Gasteiger partial charge in [-0.1, -0.05) is 30.3 Å². The van der Waals surface area contributed by atoms with Gasteiger partial charge in [0.2, 0.25) is 5.95 Å². The van der Waals surface area contributed by atoms with E-state index in [9.17, 15) is 0 Å². The fourth-order valence-corrected chi connectivity index (χ4v) is 3.15. The van der Waals surface area contributed by atoms with Gasteiger partial charge in [0.25, 0.3) is 0 Å². The average Bonchev–Trinajstić information content (AvgIpc) is 2.94. The summed E-state index contributed by atoms with van der Waals surface area (Å²) in [6, 6.07) is 11.0. The summed E-state index contributed by atoms with van der Waals surface area (Å²) in [5.41, 5.74) is 3.28. The molecule has 1 aromatic heterocycles. The number of rotatable bonds is 5. The number of likely N-dealkylation sites (tertiary alicyclic amines) is 1. The zero-order valence-electron chi connectivity index (χ0n) is 13.4. The molecule has 2 heterocycles. The Hall–Kier alpha value is -1.94. The van der Waals surface area contributed by atoms with E-state index in [4.69, 9.17) is 0 Å². The van der Waals surface area contributed by atoms with Gasteiger partial charge in [-0.05, 0) is 45.3 Å². The Kier molecular flexibility index (Phi) is 4.68. The molecule has 4 nitrogen and oxygen atoms in total. The molecule has 4 heteroatoms. The van der Waals surface area contributed by atoms with E-state index in [1.54, 1.807) is 0 Å². The van der Waals surface area contributed by atoms with Gasteiger partial charge in [0.15, 0.2) is 0 Å². The zero-order valence-corrected chi connectivity index (χ0v) is 13.4. The second-order valence-corrected chi connectivity index (χ2v) is 6.05. The maximum atomic E-state index is 4.60. The van der Waals surface area contributed by atoms with Gasteiger partial charge < -0.3 is 10.2 Å². The van der Waals surface area contributed by atoms with Gasteiger partial charge in [-0.2, -0.15) is 0 Å². The zero-order chi connectivity index (χ0) is 15.4. The van der Waals surface area contributed by atoms with Crippen LogP contribution in [-0.4, -0.2) is 41.0 Å². The molecule has 2 aromatic rings. The summed E-state index contributed by atoms with van der Waals surface area (Å²) < 4.78 is 0. The summed E-state index contributed by atoms with van der Waals surface area (Å²) in [7, 11) is 2.22. The number of aryl methyl sites for hydroxylation is 1. The van der Waals surface area contributed by atoms with Crippen molar-refractivity contribution in [2.45, 2.75) is 32.2 Å². The smallest absolute Gasteiger partial charge is 0.222 e. The van der Waals surface area contributed by atoms with Crippen molar-refractivity contribution in [1.82, 2.24) is 14.9 Å². The Morgan fingerprint density at radius 3 is 2.77 bits per heavy atom. The number of anilines is 1. The Bertz CT molecular complexity index is 612. The van der Waals surface area contributed by atoms with E-state index in [1.807, 2.05) is 31.3 Å². The quantitative estimate of drug-likeness (QED) is 0.918. The van der Waals surface area contributed by atoms with Crippen LogP contribution in [0.25, 0.3) is 11.1 Å².